The van der Waals surface area contributed by atoms with Gasteiger partial charge in [0.1, 0.15) is 23.8 Å². The van der Waals surface area contributed by atoms with Crippen molar-refractivity contribution in [2.75, 3.05) is 12.3 Å². The van der Waals surface area contributed by atoms with E-state index in [1.165, 1.54) is 12.1 Å². The predicted molar refractivity (Wildman–Crippen MR) is 78.8 cm³/mol. The fourth-order valence-electron chi connectivity index (χ4n) is 2.60. The van der Waals surface area contributed by atoms with E-state index >= 15 is 0 Å². The molecule has 0 radical (unpaired) electrons. The molecule has 1 aliphatic rings. The van der Waals surface area contributed by atoms with E-state index in [2.05, 4.69) is 10.1 Å². The summed E-state index contributed by atoms with van der Waals surface area (Å²) < 4.78 is 4.48. The number of nitrogens with zero attached hydrogens (tertiary/aromatic N) is 4. The molecule has 0 aliphatic carbocycles. The molecule has 0 spiro atoms. The highest BCUT2D eigenvalue weighted by atomic mass is 35.5. The van der Waals surface area contributed by atoms with Crippen LogP contribution >= 0.6 is 23.2 Å². The summed E-state index contributed by atoms with van der Waals surface area (Å²) in [5, 5.41) is 42.8. The molecule has 0 saturated carbocycles. The summed E-state index contributed by atoms with van der Waals surface area (Å²) in [6.45, 7) is -0.600. The molecule has 1 saturated heterocycles. The van der Waals surface area contributed by atoms with Gasteiger partial charge in [-0.2, -0.15) is 10.2 Å². The average molecular weight is 360 g/mol. The topological polar surface area (TPSA) is 150 Å². The summed E-state index contributed by atoms with van der Waals surface area (Å²) in [5.41, 5.74) is 3.61. The van der Waals surface area contributed by atoms with Gasteiger partial charge in [-0.05, 0) is 12.1 Å². The van der Waals surface area contributed by atoms with Gasteiger partial charge in [0, 0.05) is 0 Å². The first-order valence-corrected chi connectivity index (χ1v) is 7.14. The molecule has 0 bridgehead atoms. The number of aromatic hydroxyl groups is 1. The van der Waals surface area contributed by atoms with Crippen LogP contribution in [0.15, 0.2) is 12.1 Å². The molecular formula is C12H11Cl2N5O4. The minimum absolute atomic E-state index is 0.0272. The predicted octanol–water partition coefficient (Wildman–Crippen LogP) is -0.338. The Bertz CT molecular complexity index is 820. The number of hydrogen-bond donors (Lipinski definition) is 4. The molecule has 3 heterocycles. The summed E-state index contributed by atoms with van der Waals surface area (Å²) in [5.74, 6) is -0.670. The van der Waals surface area contributed by atoms with E-state index in [0.29, 0.717) is 0 Å². The molecule has 1 aliphatic heterocycles. The number of hydrogen-bond acceptors (Lipinski definition) is 8. The average Bonchev–Trinajstić information content (AvgIpc) is 2.99. The highest BCUT2D eigenvalue weighted by Crippen LogP contribution is 2.53. The molecule has 1 fully saturated rings. The van der Waals surface area contributed by atoms with Gasteiger partial charge in [0.05, 0.1) is 12.3 Å². The SMILES string of the molecule is N#C[C@@]1(c2ccc3c(O)nc(N)nn23)O[C@H](CO)[C@H](O)C1(Cl)Cl. The van der Waals surface area contributed by atoms with Crippen molar-refractivity contribution in [1.82, 2.24) is 14.6 Å². The zero-order chi connectivity index (χ0) is 17.0. The van der Waals surface area contributed by atoms with E-state index in [1.54, 1.807) is 0 Å². The lowest BCUT2D eigenvalue weighted by atomic mass is 9.94. The molecular weight excluding hydrogens is 349 g/mol. The molecule has 2 aromatic heterocycles. The number of rotatable bonds is 2. The Morgan fingerprint density at radius 1 is 1.48 bits per heavy atom. The van der Waals surface area contributed by atoms with Gasteiger partial charge in [0.25, 0.3) is 0 Å². The monoisotopic (exact) mass is 359 g/mol. The molecule has 11 heteroatoms. The first-order chi connectivity index (χ1) is 10.8. The number of aliphatic hydroxyl groups excluding tert-OH is 2. The fraction of sp³-hybridized carbons (Fsp3) is 0.417. The van der Waals surface area contributed by atoms with Crippen LogP contribution in [0.2, 0.25) is 0 Å². The zero-order valence-electron chi connectivity index (χ0n) is 11.4. The van der Waals surface area contributed by atoms with Crippen molar-refractivity contribution in [3.8, 4) is 11.9 Å². The summed E-state index contributed by atoms with van der Waals surface area (Å²) >= 11 is 12.4. The third-order valence-electron chi connectivity index (χ3n) is 3.73. The lowest BCUT2D eigenvalue weighted by molar-refractivity contribution is -0.0524. The second-order valence-electron chi connectivity index (χ2n) is 5.01. The molecule has 23 heavy (non-hydrogen) atoms. The molecule has 3 atom stereocenters. The number of nitriles is 1. The normalized spacial score (nSPS) is 29.7. The number of aromatic nitrogens is 3. The first-order valence-electron chi connectivity index (χ1n) is 6.39. The lowest BCUT2D eigenvalue weighted by Crippen LogP contribution is -2.45. The largest absolute Gasteiger partial charge is 0.492 e. The van der Waals surface area contributed by atoms with E-state index < -0.39 is 34.6 Å². The van der Waals surface area contributed by atoms with E-state index in [4.69, 9.17) is 33.7 Å². The highest BCUT2D eigenvalue weighted by molar-refractivity contribution is 6.50. The van der Waals surface area contributed by atoms with E-state index in [0.717, 1.165) is 4.52 Å². The highest BCUT2D eigenvalue weighted by Gasteiger charge is 2.67. The number of ether oxygens (including phenoxy) is 1. The summed E-state index contributed by atoms with van der Waals surface area (Å²) in [4.78, 5) is 3.59. The van der Waals surface area contributed by atoms with Gasteiger partial charge >= 0.3 is 0 Å². The van der Waals surface area contributed by atoms with Gasteiger partial charge in [-0.25, -0.2) is 4.52 Å². The molecule has 9 nitrogen and oxygen atoms in total. The number of nitrogen functional groups attached to an aromatic ring is 1. The van der Waals surface area contributed by atoms with Gasteiger partial charge in [0.2, 0.25) is 17.4 Å². The van der Waals surface area contributed by atoms with Crippen molar-refractivity contribution in [2.24, 2.45) is 0 Å². The van der Waals surface area contributed by atoms with Gasteiger partial charge in [-0.15, -0.1) is 5.10 Å². The molecule has 0 unspecified atom stereocenters. The van der Waals surface area contributed by atoms with Crippen molar-refractivity contribution in [2.45, 2.75) is 22.1 Å². The summed E-state index contributed by atoms with van der Waals surface area (Å²) in [7, 11) is 0. The number of anilines is 1. The Kier molecular flexibility index (Phi) is 3.55. The van der Waals surface area contributed by atoms with Gasteiger partial charge < -0.3 is 25.8 Å². The summed E-state index contributed by atoms with van der Waals surface area (Å²) in [6, 6.07) is 4.63. The van der Waals surface area contributed by atoms with Crippen LogP contribution in [-0.4, -0.2) is 53.1 Å². The molecule has 0 aromatic carbocycles. The second kappa shape index (κ2) is 5.09. The lowest BCUT2D eigenvalue weighted by Gasteiger charge is -2.30. The number of fused-ring (bicyclic) bond motifs is 1. The van der Waals surface area contributed by atoms with Crippen LogP contribution in [0.5, 0.6) is 5.88 Å². The quantitative estimate of drug-likeness (QED) is 0.531. The Morgan fingerprint density at radius 2 is 2.17 bits per heavy atom. The molecule has 0 amide bonds. The molecule has 2 aromatic rings. The Hall–Kier alpha value is -1.83. The van der Waals surface area contributed by atoms with Gasteiger partial charge in [0.15, 0.2) is 4.33 Å². The molecule has 122 valence electrons. The minimum atomic E-state index is -2.10. The van der Waals surface area contributed by atoms with Crippen LogP contribution in [0, 0.1) is 11.3 Å². The smallest absolute Gasteiger partial charge is 0.241 e. The summed E-state index contributed by atoms with van der Waals surface area (Å²) in [6.07, 6.45) is -2.71. The van der Waals surface area contributed by atoms with Crippen molar-refractivity contribution < 1.29 is 20.1 Å². The Labute approximate surface area is 139 Å². The van der Waals surface area contributed by atoms with E-state index in [9.17, 15) is 20.6 Å². The Balaban J connectivity index is 2.29. The number of aliphatic hydroxyl groups is 2. The first kappa shape index (κ1) is 16.0. The van der Waals surface area contributed by atoms with Crippen LogP contribution in [0.25, 0.3) is 5.52 Å². The van der Waals surface area contributed by atoms with Crippen LogP contribution in [0.3, 0.4) is 0 Å². The van der Waals surface area contributed by atoms with Crippen molar-refractivity contribution in [3.63, 3.8) is 0 Å². The van der Waals surface area contributed by atoms with Crippen molar-refractivity contribution in [3.05, 3.63) is 17.8 Å². The van der Waals surface area contributed by atoms with E-state index in [-0.39, 0.29) is 17.2 Å². The van der Waals surface area contributed by atoms with Crippen LogP contribution in [0.1, 0.15) is 5.69 Å². The van der Waals surface area contributed by atoms with Crippen LogP contribution < -0.4 is 5.73 Å². The number of nitrogens with two attached hydrogens (primary N) is 1. The fourth-order valence-corrected chi connectivity index (χ4v) is 3.25. The third-order valence-corrected chi connectivity index (χ3v) is 4.71. The standard InChI is InChI=1S/C12H11Cl2N5O4/c13-12(14)8(21)6(3-20)23-11(12,4-15)7-2-1-5-9(22)17-10(16)18-19(5)7/h1-2,6,8,20-21H,3H2,(H3,16,17,18,22)/t6-,8+,11+/m1/s1. The Morgan fingerprint density at radius 3 is 2.74 bits per heavy atom. The number of halogens is 2. The van der Waals surface area contributed by atoms with Crippen LogP contribution in [-0.2, 0) is 10.3 Å². The molecule has 5 N–H and O–H groups in total. The maximum Gasteiger partial charge on any atom is 0.241 e. The van der Waals surface area contributed by atoms with E-state index in [1.807, 2.05) is 6.07 Å². The van der Waals surface area contributed by atoms with Gasteiger partial charge in [-0.3, -0.25) is 0 Å². The van der Waals surface area contributed by atoms with Crippen molar-refractivity contribution >= 4 is 34.7 Å². The zero-order valence-corrected chi connectivity index (χ0v) is 12.9. The number of alkyl halides is 2. The van der Waals surface area contributed by atoms with Gasteiger partial charge in [-0.1, -0.05) is 23.2 Å². The third kappa shape index (κ3) is 1.97. The van der Waals surface area contributed by atoms with Crippen LogP contribution in [0.4, 0.5) is 5.95 Å². The maximum atomic E-state index is 10.1. The second-order valence-corrected chi connectivity index (χ2v) is 6.39. The minimum Gasteiger partial charge on any atom is -0.492 e. The van der Waals surface area contributed by atoms with Crippen molar-refractivity contribution in [1.29, 1.82) is 5.26 Å². The maximum absolute atomic E-state index is 10.1. The molecule has 3 rings (SSSR count).